The number of aromatic amines is 1. The standard InChI is InChI=1S/C24H30N10O/c1-15-11-20(30-21-12-16(2)32-33-21)31-22(27-15)34-9-7-17(8-10-34)28-23(35)29-18-5-6-19(26-13-18)24(3,4)14-25/h5-6,11-13,17H,7-10H2,1-4H3,(H2,28,29,35)(H2,27,30,31,32,33). The van der Waals surface area contributed by atoms with Crippen LogP contribution in [-0.4, -0.2) is 50.3 Å². The zero-order valence-corrected chi connectivity index (χ0v) is 20.4. The molecule has 1 fully saturated rings. The molecule has 182 valence electrons. The summed E-state index contributed by atoms with van der Waals surface area (Å²) in [6, 6.07) is 9.31. The topological polar surface area (TPSA) is 148 Å². The van der Waals surface area contributed by atoms with Crippen LogP contribution in [0.3, 0.4) is 0 Å². The zero-order valence-electron chi connectivity index (χ0n) is 20.4. The smallest absolute Gasteiger partial charge is 0.319 e. The molecular weight excluding hydrogens is 444 g/mol. The molecular formula is C24H30N10O. The number of amides is 2. The number of rotatable bonds is 6. The van der Waals surface area contributed by atoms with Crippen molar-refractivity contribution in [2.24, 2.45) is 0 Å². The molecule has 0 bridgehead atoms. The van der Waals surface area contributed by atoms with E-state index in [4.69, 9.17) is 0 Å². The summed E-state index contributed by atoms with van der Waals surface area (Å²) < 4.78 is 0. The molecule has 4 heterocycles. The van der Waals surface area contributed by atoms with Gasteiger partial charge in [0.2, 0.25) is 5.95 Å². The Balaban J connectivity index is 1.29. The lowest BCUT2D eigenvalue weighted by Gasteiger charge is -2.32. The molecule has 11 nitrogen and oxygen atoms in total. The van der Waals surface area contributed by atoms with Crippen molar-refractivity contribution in [2.75, 3.05) is 28.6 Å². The van der Waals surface area contributed by atoms with E-state index in [0.717, 1.165) is 37.3 Å². The third kappa shape index (κ3) is 6.03. The summed E-state index contributed by atoms with van der Waals surface area (Å²) in [7, 11) is 0. The minimum Gasteiger partial charge on any atom is -0.341 e. The molecule has 1 saturated heterocycles. The van der Waals surface area contributed by atoms with Gasteiger partial charge in [-0.15, -0.1) is 0 Å². The predicted octanol–water partition coefficient (Wildman–Crippen LogP) is 3.55. The van der Waals surface area contributed by atoms with Gasteiger partial charge >= 0.3 is 6.03 Å². The van der Waals surface area contributed by atoms with Crippen molar-refractivity contribution in [1.82, 2.24) is 30.5 Å². The first-order chi connectivity index (χ1) is 16.7. The van der Waals surface area contributed by atoms with Crippen molar-refractivity contribution in [1.29, 1.82) is 5.26 Å². The molecule has 1 aliphatic rings. The van der Waals surface area contributed by atoms with E-state index in [-0.39, 0.29) is 12.1 Å². The van der Waals surface area contributed by atoms with Gasteiger partial charge in [0.15, 0.2) is 5.82 Å². The molecule has 35 heavy (non-hydrogen) atoms. The van der Waals surface area contributed by atoms with Crippen LogP contribution in [0.1, 0.15) is 43.8 Å². The van der Waals surface area contributed by atoms with E-state index < -0.39 is 5.41 Å². The molecule has 0 radical (unpaired) electrons. The van der Waals surface area contributed by atoms with Gasteiger partial charge in [0, 0.05) is 42.7 Å². The summed E-state index contributed by atoms with van der Waals surface area (Å²) in [6.07, 6.45) is 3.13. The third-order valence-electron chi connectivity index (χ3n) is 5.86. The minimum atomic E-state index is -0.676. The van der Waals surface area contributed by atoms with E-state index in [0.29, 0.717) is 29.0 Å². The van der Waals surface area contributed by atoms with Crippen molar-refractivity contribution < 1.29 is 4.79 Å². The maximum absolute atomic E-state index is 12.5. The molecule has 0 spiro atoms. The van der Waals surface area contributed by atoms with Crippen molar-refractivity contribution >= 4 is 29.3 Å². The van der Waals surface area contributed by atoms with E-state index in [2.05, 4.69) is 52.1 Å². The number of piperidine rings is 1. The van der Waals surface area contributed by atoms with Crippen LogP contribution in [0, 0.1) is 25.2 Å². The van der Waals surface area contributed by atoms with Gasteiger partial charge in [0.25, 0.3) is 0 Å². The first-order valence-electron chi connectivity index (χ1n) is 11.6. The Hall–Kier alpha value is -4.20. The van der Waals surface area contributed by atoms with Crippen LogP contribution in [0.2, 0.25) is 0 Å². The predicted molar refractivity (Wildman–Crippen MR) is 134 cm³/mol. The first kappa shape index (κ1) is 23.9. The highest BCUT2D eigenvalue weighted by Crippen LogP contribution is 2.22. The Morgan fingerprint density at radius 2 is 1.94 bits per heavy atom. The zero-order chi connectivity index (χ0) is 25.0. The first-order valence-corrected chi connectivity index (χ1v) is 11.6. The number of carbonyl (C=O) groups excluding carboxylic acids is 1. The van der Waals surface area contributed by atoms with Crippen molar-refractivity contribution in [3.8, 4) is 6.07 Å². The molecule has 4 rings (SSSR count). The molecule has 3 aromatic rings. The molecule has 11 heteroatoms. The molecule has 4 N–H and O–H groups in total. The van der Waals surface area contributed by atoms with E-state index in [9.17, 15) is 10.1 Å². The quantitative estimate of drug-likeness (QED) is 0.424. The second-order valence-electron chi connectivity index (χ2n) is 9.28. The SMILES string of the molecule is Cc1cc(Nc2cc(C)[nH]n2)nc(N2CCC(NC(=O)Nc3ccc(C(C)(C)C#N)nc3)CC2)n1. The molecule has 2 amide bonds. The van der Waals surface area contributed by atoms with Crippen molar-refractivity contribution in [2.45, 2.75) is 52.0 Å². The fourth-order valence-corrected chi connectivity index (χ4v) is 3.84. The molecule has 0 unspecified atom stereocenters. The van der Waals surface area contributed by atoms with E-state index in [1.54, 1.807) is 32.2 Å². The molecule has 0 saturated carbocycles. The van der Waals surface area contributed by atoms with Gasteiger partial charge in [0.1, 0.15) is 5.82 Å². The Morgan fingerprint density at radius 3 is 2.57 bits per heavy atom. The summed E-state index contributed by atoms with van der Waals surface area (Å²) in [5, 5.41) is 25.4. The maximum atomic E-state index is 12.5. The number of pyridine rings is 1. The highest BCUT2D eigenvalue weighted by atomic mass is 16.2. The van der Waals surface area contributed by atoms with E-state index in [1.165, 1.54) is 0 Å². The lowest BCUT2D eigenvalue weighted by atomic mass is 9.91. The van der Waals surface area contributed by atoms with Gasteiger partial charge in [-0.05, 0) is 52.7 Å². The monoisotopic (exact) mass is 474 g/mol. The lowest BCUT2D eigenvalue weighted by Crippen LogP contribution is -2.46. The van der Waals surface area contributed by atoms with Gasteiger partial charge in [0.05, 0.1) is 29.1 Å². The van der Waals surface area contributed by atoms with Gasteiger partial charge in [-0.3, -0.25) is 10.1 Å². The van der Waals surface area contributed by atoms with Crippen LogP contribution in [0.15, 0.2) is 30.5 Å². The van der Waals surface area contributed by atoms with Crippen LogP contribution >= 0.6 is 0 Å². The normalized spacial score (nSPS) is 14.3. The molecule has 0 aliphatic carbocycles. The number of nitrogens with zero attached hydrogens (tertiary/aromatic N) is 6. The number of hydrogen-bond acceptors (Lipinski definition) is 8. The molecule has 0 aromatic carbocycles. The number of nitriles is 1. The number of hydrogen-bond donors (Lipinski definition) is 4. The van der Waals surface area contributed by atoms with E-state index in [1.807, 2.05) is 26.0 Å². The molecule has 0 atom stereocenters. The minimum absolute atomic E-state index is 0.0467. The van der Waals surface area contributed by atoms with Gasteiger partial charge in [-0.25, -0.2) is 9.78 Å². The third-order valence-corrected chi connectivity index (χ3v) is 5.86. The molecule has 1 aliphatic heterocycles. The average Bonchev–Trinajstić information content (AvgIpc) is 3.23. The largest absolute Gasteiger partial charge is 0.341 e. The van der Waals surface area contributed by atoms with Crippen LogP contribution in [0.5, 0.6) is 0 Å². The van der Waals surface area contributed by atoms with Crippen LogP contribution in [0.4, 0.5) is 28.1 Å². The summed E-state index contributed by atoms with van der Waals surface area (Å²) in [5.74, 6) is 2.06. The Labute approximate surface area is 204 Å². The van der Waals surface area contributed by atoms with Gasteiger partial charge in [-0.1, -0.05) is 0 Å². The molecule has 3 aromatic heterocycles. The number of H-pyrrole nitrogens is 1. The lowest BCUT2D eigenvalue weighted by molar-refractivity contribution is 0.246. The fourth-order valence-electron chi connectivity index (χ4n) is 3.84. The Morgan fingerprint density at radius 1 is 1.17 bits per heavy atom. The number of carbonyl (C=O) groups is 1. The number of anilines is 4. The Kier molecular flexibility index (Phi) is 6.82. The summed E-state index contributed by atoms with van der Waals surface area (Å²) in [5.41, 5.74) is 2.40. The summed E-state index contributed by atoms with van der Waals surface area (Å²) >= 11 is 0. The van der Waals surface area contributed by atoms with E-state index >= 15 is 0 Å². The fraction of sp³-hybridized carbons (Fsp3) is 0.417. The highest BCUT2D eigenvalue weighted by Gasteiger charge is 2.24. The van der Waals surface area contributed by atoms with Crippen molar-refractivity contribution in [3.05, 3.63) is 47.5 Å². The Bertz CT molecular complexity index is 1220. The van der Waals surface area contributed by atoms with Crippen LogP contribution in [0.25, 0.3) is 0 Å². The summed E-state index contributed by atoms with van der Waals surface area (Å²) in [4.78, 5) is 28.2. The number of aromatic nitrogens is 5. The second kappa shape index (κ2) is 9.97. The van der Waals surface area contributed by atoms with Gasteiger partial charge in [-0.2, -0.15) is 15.3 Å². The number of aryl methyl sites for hydroxylation is 2. The number of nitrogens with one attached hydrogen (secondary N) is 4. The van der Waals surface area contributed by atoms with Crippen LogP contribution < -0.4 is 20.9 Å². The van der Waals surface area contributed by atoms with Crippen LogP contribution in [-0.2, 0) is 5.41 Å². The summed E-state index contributed by atoms with van der Waals surface area (Å²) in [6.45, 7) is 8.95. The number of urea groups is 1. The average molecular weight is 475 g/mol. The maximum Gasteiger partial charge on any atom is 0.319 e. The highest BCUT2D eigenvalue weighted by molar-refractivity contribution is 5.89. The second-order valence-corrected chi connectivity index (χ2v) is 9.28. The van der Waals surface area contributed by atoms with Gasteiger partial charge < -0.3 is 20.9 Å². The van der Waals surface area contributed by atoms with Crippen molar-refractivity contribution in [3.63, 3.8) is 0 Å².